The summed E-state index contributed by atoms with van der Waals surface area (Å²) in [4.78, 5) is 0. The second-order valence-electron chi connectivity index (χ2n) is 5.77. The van der Waals surface area contributed by atoms with Crippen LogP contribution in [0, 0.1) is 0 Å². The van der Waals surface area contributed by atoms with Crippen LogP contribution < -0.4 is 9.88 Å². The van der Waals surface area contributed by atoms with E-state index in [1.165, 1.54) is 11.8 Å². The molecule has 9 heteroatoms. The zero-order chi connectivity index (χ0) is 19.3. The predicted octanol–water partition coefficient (Wildman–Crippen LogP) is 2.71. The topological polar surface area (TPSA) is 100 Å². The Kier molecular flexibility index (Phi) is 6.15. The molecule has 2 N–H and O–H groups in total. The first-order chi connectivity index (χ1) is 13.0. The van der Waals surface area contributed by atoms with Gasteiger partial charge in [0.2, 0.25) is 10.0 Å². The molecule has 27 heavy (non-hydrogen) atoms. The van der Waals surface area contributed by atoms with Gasteiger partial charge in [-0.3, -0.25) is 4.57 Å². The fourth-order valence-corrected chi connectivity index (χ4v) is 4.14. The molecule has 142 valence electrons. The number of methoxy groups -OCH3 is 1. The van der Waals surface area contributed by atoms with Gasteiger partial charge in [-0.2, -0.15) is 0 Å². The molecule has 0 spiro atoms. The summed E-state index contributed by atoms with van der Waals surface area (Å²) >= 11 is 1.45. The predicted molar refractivity (Wildman–Crippen MR) is 107 cm³/mol. The van der Waals surface area contributed by atoms with Gasteiger partial charge in [0.1, 0.15) is 5.75 Å². The number of sulfonamides is 1. The first-order valence-corrected chi connectivity index (χ1v) is 11.0. The third-order valence-corrected chi connectivity index (χ3v) is 5.67. The highest BCUT2D eigenvalue weighted by molar-refractivity contribution is 7.99. The number of hydrogen-bond donors (Lipinski definition) is 1. The number of hydrogen-bond acceptors (Lipinski definition) is 6. The van der Waals surface area contributed by atoms with Gasteiger partial charge < -0.3 is 4.74 Å². The number of para-hydroxylation sites is 1. The van der Waals surface area contributed by atoms with Crippen molar-refractivity contribution in [3.8, 4) is 22.8 Å². The van der Waals surface area contributed by atoms with Crippen LogP contribution >= 0.6 is 11.8 Å². The molecule has 7 nitrogen and oxygen atoms in total. The maximum absolute atomic E-state index is 11.1. The average molecular weight is 405 g/mol. The number of nitrogens with two attached hydrogens (primary N) is 1. The smallest absolute Gasteiger partial charge is 0.209 e. The van der Waals surface area contributed by atoms with E-state index in [-0.39, 0.29) is 5.75 Å². The summed E-state index contributed by atoms with van der Waals surface area (Å²) in [7, 11) is -1.83. The Bertz CT molecular complexity index is 987. The molecule has 0 fully saturated rings. The normalized spacial score (nSPS) is 11.5. The van der Waals surface area contributed by atoms with Gasteiger partial charge in [-0.05, 0) is 42.8 Å². The first-order valence-electron chi connectivity index (χ1n) is 8.26. The zero-order valence-electron chi connectivity index (χ0n) is 14.8. The van der Waals surface area contributed by atoms with Crippen LogP contribution in [0.5, 0.6) is 5.75 Å². The van der Waals surface area contributed by atoms with Crippen molar-refractivity contribution in [1.29, 1.82) is 0 Å². The van der Waals surface area contributed by atoms with Gasteiger partial charge in [0.05, 0.1) is 12.9 Å². The summed E-state index contributed by atoms with van der Waals surface area (Å²) < 4.78 is 29.4. The van der Waals surface area contributed by atoms with Crippen molar-refractivity contribution in [2.24, 2.45) is 5.14 Å². The molecule has 0 saturated carbocycles. The second-order valence-corrected chi connectivity index (χ2v) is 8.57. The Morgan fingerprint density at radius 1 is 1.07 bits per heavy atom. The molecule has 0 aliphatic heterocycles. The number of primary sulfonamides is 1. The Balaban J connectivity index is 1.91. The van der Waals surface area contributed by atoms with Gasteiger partial charge in [0.25, 0.3) is 0 Å². The monoisotopic (exact) mass is 404 g/mol. The SMILES string of the molecule is COc1ccc(-c2nnc(SCCCS(N)(=O)=O)n2-c2ccccc2)cc1. The van der Waals surface area contributed by atoms with E-state index >= 15 is 0 Å². The van der Waals surface area contributed by atoms with Crippen molar-refractivity contribution < 1.29 is 13.2 Å². The van der Waals surface area contributed by atoms with Crippen LogP contribution in [0.25, 0.3) is 17.1 Å². The Labute approximate surface area is 162 Å². The number of benzene rings is 2. The molecular weight excluding hydrogens is 384 g/mol. The lowest BCUT2D eigenvalue weighted by Crippen LogP contribution is -2.16. The minimum absolute atomic E-state index is 0.0508. The van der Waals surface area contributed by atoms with E-state index in [2.05, 4.69) is 10.2 Å². The average Bonchev–Trinajstić information content (AvgIpc) is 3.09. The van der Waals surface area contributed by atoms with Crippen LogP contribution in [0.3, 0.4) is 0 Å². The van der Waals surface area contributed by atoms with Crippen molar-refractivity contribution in [3.05, 3.63) is 54.6 Å². The van der Waals surface area contributed by atoms with Crippen molar-refractivity contribution >= 4 is 21.8 Å². The molecule has 0 radical (unpaired) electrons. The molecular formula is C18H20N4O3S2. The number of nitrogens with zero attached hydrogens (tertiary/aromatic N) is 3. The van der Waals surface area contributed by atoms with E-state index in [4.69, 9.17) is 9.88 Å². The zero-order valence-corrected chi connectivity index (χ0v) is 16.4. The minimum atomic E-state index is -3.45. The Hall–Kier alpha value is -2.36. The van der Waals surface area contributed by atoms with Crippen LogP contribution in [0.15, 0.2) is 59.8 Å². The summed E-state index contributed by atoms with van der Waals surface area (Å²) in [5.41, 5.74) is 1.84. The highest BCUT2D eigenvalue weighted by Gasteiger charge is 2.16. The molecule has 0 bridgehead atoms. The maximum atomic E-state index is 11.1. The van der Waals surface area contributed by atoms with Gasteiger partial charge in [-0.25, -0.2) is 13.6 Å². The van der Waals surface area contributed by atoms with E-state index in [0.29, 0.717) is 23.2 Å². The molecule has 1 heterocycles. The largest absolute Gasteiger partial charge is 0.497 e. The molecule has 0 saturated heterocycles. The van der Waals surface area contributed by atoms with Crippen LogP contribution in [-0.4, -0.2) is 41.8 Å². The van der Waals surface area contributed by atoms with E-state index in [1.54, 1.807) is 7.11 Å². The highest BCUT2D eigenvalue weighted by atomic mass is 32.2. The lowest BCUT2D eigenvalue weighted by atomic mass is 10.2. The molecule has 0 atom stereocenters. The summed E-state index contributed by atoms with van der Waals surface area (Å²) in [6.07, 6.45) is 0.447. The molecule has 0 aliphatic rings. The van der Waals surface area contributed by atoms with Crippen LogP contribution in [0.1, 0.15) is 6.42 Å². The number of aromatic nitrogens is 3. The molecule has 1 aromatic heterocycles. The molecule has 3 rings (SSSR count). The summed E-state index contributed by atoms with van der Waals surface area (Å²) in [5, 5.41) is 14.4. The number of ether oxygens (including phenoxy) is 1. The third kappa shape index (κ3) is 5.09. The highest BCUT2D eigenvalue weighted by Crippen LogP contribution is 2.29. The lowest BCUT2D eigenvalue weighted by Gasteiger charge is -2.10. The van der Waals surface area contributed by atoms with Gasteiger partial charge >= 0.3 is 0 Å². The fraction of sp³-hybridized carbons (Fsp3) is 0.222. The van der Waals surface area contributed by atoms with Crippen molar-refractivity contribution in [1.82, 2.24) is 14.8 Å². The molecule has 0 aliphatic carbocycles. The van der Waals surface area contributed by atoms with Crippen molar-refractivity contribution in [2.75, 3.05) is 18.6 Å². The maximum Gasteiger partial charge on any atom is 0.209 e. The molecule has 0 amide bonds. The third-order valence-electron chi connectivity index (χ3n) is 3.80. The molecule has 3 aromatic rings. The Morgan fingerprint density at radius 2 is 1.78 bits per heavy atom. The standard InChI is InChI=1S/C18H20N4O3S2/c1-25-16-10-8-14(9-11-16)17-20-21-18(26-12-5-13-27(19,23)24)22(17)15-6-3-2-4-7-15/h2-4,6-11H,5,12-13H2,1H3,(H2,19,23,24). The van der Waals surface area contributed by atoms with Gasteiger partial charge in [0, 0.05) is 17.0 Å². The second kappa shape index (κ2) is 8.55. The van der Waals surface area contributed by atoms with Crippen LogP contribution in [-0.2, 0) is 10.0 Å². The summed E-state index contributed by atoms with van der Waals surface area (Å²) in [6, 6.07) is 17.4. The van der Waals surface area contributed by atoms with Gasteiger partial charge in [-0.15, -0.1) is 10.2 Å². The minimum Gasteiger partial charge on any atom is -0.497 e. The van der Waals surface area contributed by atoms with Gasteiger partial charge in [-0.1, -0.05) is 30.0 Å². The molecule has 2 aromatic carbocycles. The number of thioether (sulfide) groups is 1. The first kappa shape index (κ1) is 19.4. The fourth-order valence-electron chi connectivity index (χ4n) is 2.52. The summed E-state index contributed by atoms with van der Waals surface area (Å²) in [6.45, 7) is 0. The van der Waals surface area contributed by atoms with Crippen molar-refractivity contribution in [3.63, 3.8) is 0 Å². The summed E-state index contributed by atoms with van der Waals surface area (Å²) in [5.74, 6) is 1.99. The Morgan fingerprint density at radius 3 is 2.41 bits per heavy atom. The van der Waals surface area contributed by atoms with E-state index in [9.17, 15) is 8.42 Å². The van der Waals surface area contributed by atoms with Gasteiger partial charge in [0.15, 0.2) is 11.0 Å². The number of rotatable bonds is 8. The van der Waals surface area contributed by atoms with Crippen LogP contribution in [0.2, 0.25) is 0 Å². The van der Waals surface area contributed by atoms with Crippen LogP contribution in [0.4, 0.5) is 0 Å². The van der Waals surface area contributed by atoms with E-state index in [1.807, 2.05) is 59.2 Å². The lowest BCUT2D eigenvalue weighted by molar-refractivity contribution is 0.415. The van der Waals surface area contributed by atoms with Crippen molar-refractivity contribution in [2.45, 2.75) is 11.6 Å². The quantitative estimate of drug-likeness (QED) is 0.458. The van der Waals surface area contributed by atoms with E-state index in [0.717, 1.165) is 17.0 Å². The molecule has 0 unspecified atom stereocenters. The van der Waals surface area contributed by atoms with E-state index < -0.39 is 10.0 Å².